The summed E-state index contributed by atoms with van der Waals surface area (Å²) in [6.45, 7) is 3.26. The smallest absolute Gasteiger partial charge is 0.166 e. The number of anilines is 1. The Hall–Kier alpha value is -1.51. The number of ketones is 1. The van der Waals surface area contributed by atoms with Crippen LogP contribution in [0.1, 0.15) is 23.7 Å². The molecule has 0 spiro atoms. The molecule has 0 aromatic heterocycles. The topological polar surface area (TPSA) is 38.3 Å². The van der Waals surface area contributed by atoms with Gasteiger partial charge in [-0.25, -0.2) is 0 Å². The van der Waals surface area contributed by atoms with Gasteiger partial charge in [0.1, 0.15) is 5.75 Å². The maximum absolute atomic E-state index is 11.5. The van der Waals surface area contributed by atoms with E-state index in [1.54, 1.807) is 0 Å². The molecule has 1 aliphatic rings. The van der Waals surface area contributed by atoms with Gasteiger partial charge in [-0.3, -0.25) is 4.79 Å². The quantitative estimate of drug-likeness (QED) is 0.777. The van der Waals surface area contributed by atoms with Crippen LogP contribution in [0, 0.1) is 0 Å². The maximum Gasteiger partial charge on any atom is 0.166 e. The van der Waals surface area contributed by atoms with Crippen LogP contribution in [0.2, 0.25) is 0 Å². The predicted molar refractivity (Wildman–Crippen MR) is 55.0 cm³/mol. The highest BCUT2D eigenvalue weighted by atomic mass is 16.5. The van der Waals surface area contributed by atoms with E-state index in [4.69, 9.17) is 4.74 Å². The first-order chi connectivity index (χ1) is 6.83. The average molecular weight is 191 g/mol. The average Bonchev–Trinajstić information content (AvgIpc) is 2.20. The van der Waals surface area contributed by atoms with Crippen molar-refractivity contribution in [2.24, 2.45) is 0 Å². The molecular formula is C11H13NO2. The zero-order valence-corrected chi connectivity index (χ0v) is 8.17. The summed E-state index contributed by atoms with van der Waals surface area (Å²) in [5.41, 5.74) is 1.60. The summed E-state index contributed by atoms with van der Waals surface area (Å²) in [5.74, 6) is 0.971. The van der Waals surface area contributed by atoms with E-state index in [2.05, 4.69) is 5.32 Å². The Morgan fingerprint density at radius 3 is 3.14 bits per heavy atom. The van der Waals surface area contributed by atoms with Gasteiger partial charge in [0, 0.05) is 18.5 Å². The lowest BCUT2D eigenvalue weighted by Crippen LogP contribution is -2.18. The summed E-state index contributed by atoms with van der Waals surface area (Å²) in [5, 5.41) is 3.20. The Morgan fingerprint density at radius 2 is 2.36 bits per heavy atom. The molecule has 1 heterocycles. The molecule has 1 aliphatic heterocycles. The molecule has 1 aromatic rings. The summed E-state index contributed by atoms with van der Waals surface area (Å²) in [4.78, 5) is 11.5. The second-order valence-corrected chi connectivity index (χ2v) is 3.21. The molecular weight excluding hydrogens is 178 g/mol. The molecule has 0 aliphatic carbocycles. The number of carbonyl (C=O) groups is 1. The highest BCUT2D eigenvalue weighted by molar-refractivity contribution is 6.04. The highest BCUT2D eigenvalue weighted by Crippen LogP contribution is 2.31. The lowest BCUT2D eigenvalue weighted by atomic mass is 10.0. The summed E-state index contributed by atoms with van der Waals surface area (Å²) in [7, 11) is 0. The molecule has 0 bridgehead atoms. The Balaban J connectivity index is 2.44. The minimum absolute atomic E-state index is 0.195. The number of hydrogen-bond acceptors (Lipinski definition) is 3. The van der Waals surface area contributed by atoms with Gasteiger partial charge in [0.2, 0.25) is 0 Å². The van der Waals surface area contributed by atoms with Crippen molar-refractivity contribution in [2.75, 3.05) is 18.5 Å². The second-order valence-electron chi connectivity index (χ2n) is 3.21. The van der Waals surface area contributed by atoms with Gasteiger partial charge >= 0.3 is 0 Å². The van der Waals surface area contributed by atoms with Crippen LogP contribution >= 0.6 is 0 Å². The summed E-state index contributed by atoms with van der Waals surface area (Å²) >= 11 is 0. The monoisotopic (exact) mass is 191 g/mol. The Labute approximate surface area is 83.1 Å². The number of hydrogen-bond donors (Lipinski definition) is 1. The third-order valence-electron chi connectivity index (χ3n) is 2.28. The normalized spacial score (nSPS) is 14.5. The van der Waals surface area contributed by atoms with Gasteiger partial charge in [0.05, 0.1) is 12.3 Å². The number of benzene rings is 1. The van der Waals surface area contributed by atoms with Crippen molar-refractivity contribution in [1.29, 1.82) is 0 Å². The summed E-state index contributed by atoms with van der Waals surface area (Å²) < 4.78 is 5.44. The van der Waals surface area contributed by atoms with Gasteiger partial charge in [0.15, 0.2) is 5.78 Å². The zero-order valence-electron chi connectivity index (χ0n) is 8.17. The van der Waals surface area contributed by atoms with E-state index < -0.39 is 0 Å². The van der Waals surface area contributed by atoms with Crippen LogP contribution in [-0.4, -0.2) is 18.9 Å². The standard InChI is InChI=1S/C11H13NO2/c1-2-14-10-5-3-4-8-9(13)6-7-12-11(8)10/h3-5,12H,2,6-7H2,1H3. The van der Waals surface area contributed by atoms with Crippen LogP contribution in [0.15, 0.2) is 18.2 Å². The van der Waals surface area contributed by atoms with Crippen molar-refractivity contribution >= 4 is 11.5 Å². The number of fused-ring (bicyclic) bond motifs is 1. The second kappa shape index (κ2) is 3.70. The number of para-hydroxylation sites is 1. The minimum atomic E-state index is 0.195. The largest absolute Gasteiger partial charge is 0.492 e. The molecule has 0 unspecified atom stereocenters. The van der Waals surface area contributed by atoms with Crippen molar-refractivity contribution in [3.8, 4) is 5.75 Å². The highest BCUT2D eigenvalue weighted by Gasteiger charge is 2.19. The fraction of sp³-hybridized carbons (Fsp3) is 0.364. The molecule has 3 nitrogen and oxygen atoms in total. The number of rotatable bonds is 2. The fourth-order valence-corrected chi connectivity index (χ4v) is 1.66. The third-order valence-corrected chi connectivity index (χ3v) is 2.28. The van der Waals surface area contributed by atoms with Crippen molar-refractivity contribution in [1.82, 2.24) is 0 Å². The van der Waals surface area contributed by atoms with E-state index in [1.165, 1.54) is 0 Å². The van der Waals surface area contributed by atoms with Crippen molar-refractivity contribution < 1.29 is 9.53 Å². The summed E-state index contributed by atoms with van der Waals surface area (Å²) in [6.07, 6.45) is 0.572. The third kappa shape index (κ3) is 1.45. The lowest BCUT2D eigenvalue weighted by molar-refractivity contribution is 0.0983. The molecule has 0 saturated heterocycles. The van der Waals surface area contributed by atoms with E-state index in [-0.39, 0.29) is 5.78 Å². The van der Waals surface area contributed by atoms with Gasteiger partial charge in [-0.15, -0.1) is 0 Å². The Bertz CT molecular complexity index is 360. The molecule has 1 N–H and O–H groups in total. The van der Waals surface area contributed by atoms with E-state index in [0.29, 0.717) is 19.6 Å². The van der Waals surface area contributed by atoms with Crippen molar-refractivity contribution in [3.05, 3.63) is 23.8 Å². The van der Waals surface area contributed by atoms with Gasteiger partial charge in [-0.2, -0.15) is 0 Å². The Morgan fingerprint density at radius 1 is 1.50 bits per heavy atom. The minimum Gasteiger partial charge on any atom is -0.492 e. The number of carbonyl (C=O) groups excluding carboxylic acids is 1. The van der Waals surface area contributed by atoms with Crippen LogP contribution in [0.5, 0.6) is 5.75 Å². The first-order valence-corrected chi connectivity index (χ1v) is 4.86. The fourth-order valence-electron chi connectivity index (χ4n) is 1.66. The molecule has 0 amide bonds. The molecule has 3 heteroatoms. The van der Waals surface area contributed by atoms with Gasteiger partial charge < -0.3 is 10.1 Å². The number of ether oxygens (including phenoxy) is 1. The number of nitrogens with one attached hydrogen (secondary N) is 1. The molecule has 0 atom stereocenters. The van der Waals surface area contributed by atoms with E-state index in [1.807, 2.05) is 25.1 Å². The molecule has 0 saturated carbocycles. The molecule has 14 heavy (non-hydrogen) atoms. The lowest BCUT2D eigenvalue weighted by Gasteiger charge is -2.19. The van der Waals surface area contributed by atoms with E-state index in [9.17, 15) is 4.79 Å². The van der Waals surface area contributed by atoms with Crippen LogP contribution in [0.4, 0.5) is 5.69 Å². The van der Waals surface area contributed by atoms with Crippen molar-refractivity contribution in [2.45, 2.75) is 13.3 Å². The summed E-state index contributed by atoms with van der Waals surface area (Å²) in [6, 6.07) is 5.58. The van der Waals surface area contributed by atoms with E-state index >= 15 is 0 Å². The number of Topliss-reactive ketones (excluding diaryl/α,β-unsaturated/α-hetero) is 1. The molecule has 74 valence electrons. The zero-order chi connectivity index (χ0) is 9.97. The van der Waals surface area contributed by atoms with Crippen molar-refractivity contribution in [3.63, 3.8) is 0 Å². The first-order valence-electron chi connectivity index (χ1n) is 4.86. The van der Waals surface area contributed by atoms with Crippen LogP contribution in [0.25, 0.3) is 0 Å². The van der Waals surface area contributed by atoms with Crippen LogP contribution in [-0.2, 0) is 0 Å². The maximum atomic E-state index is 11.5. The van der Waals surface area contributed by atoms with E-state index in [0.717, 1.165) is 17.0 Å². The van der Waals surface area contributed by atoms with Gasteiger partial charge in [-0.05, 0) is 19.1 Å². The predicted octanol–water partition coefficient (Wildman–Crippen LogP) is 2.08. The molecule has 2 rings (SSSR count). The first kappa shape index (κ1) is 9.06. The SMILES string of the molecule is CCOc1cccc2c1NCCC2=O. The molecule has 0 fully saturated rings. The van der Waals surface area contributed by atoms with Gasteiger partial charge in [-0.1, -0.05) is 6.07 Å². The Kier molecular flexibility index (Phi) is 2.39. The molecule has 0 radical (unpaired) electrons. The van der Waals surface area contributed by atoms with Crippen LogP contribution in [0.3, 0.4) is 0 Å². The van der Waals surface area contributed by atoms with Gasteiger partial charge in [0.25, 0.3) is 0 Å². The molecule has 1 aromatic carbocycles. The van der Waals surface area contributed by atoms with Crippen LogP contribution < -0.4 is 10.1 Å².